The van der Waals surface area contributed by atoms with Crippen molar-refractivity contribution in [2.75, 3.05) is 13.1 Å². The minimum absolute atomic E-state index is 0.0542. The second-order valence-corrected chi connectivity index (χ2v) is 6.64. The van der Waals surface area contributed by atoms with E-state index in [4.69, 9.17) is 29.6 Å². The number of hydrogen-bond acceptors (Lipinski definition) is 3. The van der Waals surface area contributed by atoms with Crippen LogP contribution < -0.4 is 5.73 Å². The molecular formula is C11H15ClN2O2S2. The van der Waals surface area contributed by atoms with E-state index in [-0.39, 0.29) is 17.3 Å². The second-order valence-electron chi connectivity index (χ2n) is 3.74. The molecule has 0 heterocycles. The van der Waals surface area contributed by atoms with Crippen LogP contribution in [0.2, 0.25) is 5.02 Å². The molecule has 1 rings (SSSR count). The molecule has 0 spiro atoms. The first kappa shape index (κ1) is 15.4. The van der Waals surface area contributed by atoms with Gasteiger partial charge in [0.05, 0.1) is 17.3 Å². The first-order valence-corrected chi connectivity index (χ1v) is 7.76. The number of benzene rings is 1. The molecule has 0 aliphatic carbocycles. The van der Waals surface area contributed by atoms with Crippen molar-refractivity contribution in [2.45, 2.75) is 12.7 Å². The third-order valence-corrected chi connectivity index (χ3v) is 4.72. The lowest BCUT2D eigenvalue weighted by Gasteiger charge is -2.20. The van der Waals surface area contributed by atoms with Crippen molar-refractivity contribution < 1.29 is 8.42 Å². The first-order chi connectivity index (χ1) is 8.36. The molecule has 2 N–H and O–H groups in total. The van der Waals surface area contributed by atoms with Crippen LogP contribution in [0.25, 0.3) is 0 Å². The van der Waals surface area contributed by atoms with Crippen molar-refractivity contribution >= 4 is 38.8 Å². The fourth-order valence-electron chi connectivity index (χ4n) is 1.48. The molecule has 0 unspecified atom stereocenters. The molecule has 18 heavy (non-hydrogen) atoms. The van der Waals surface area contributed by atoms with Crippen LogP contribution in [0.5, 0.6) is 0 Å². The molecule has 0 bridgehead atoms. The Labute approximate surface area is 118 Å². The summed E-state index contributed by atoms with van der Waals surface area (Å²) in [6.07, 6.45) is 0. The Morgan fingerprint density at radius 1 is 1.44 bits per heavy atom. The summed E-state index contributed by atoms with van der Waals surface area (Å²) in [7, 11) is -3.46. The van der Waals surface area contributed by atoms with E-state index in [0.717, 1.165) is 0 Å². The highest BCUT2D eigenvalue weighted by Gasteiger charge is 2.22. The van der Waals surface area contributed by atoms with E-state index in [0.29, 0.717) is 17.1 Å². The van der Waals surface area contributed by atoms with E-state index in [1.165, 1.54) is 4.31 Å². The van der Waals surface area contributed by atoms with Crippen molar-refractivity contribution in [3.8, 4) is 0 Å². The molecule has 0 aromatic heterocycles. The van der Waals surface area contributed by atoms with Crippen LogP contribution in [0, 0.1) is 0 Å². The molecule has 0 saturated heterocycles. The van der Waals surface area contributed by atoms with E-state index < -0.39 is 10.0 Å². The summed E-state index contributed by atoms with van der Waals surface area (Å²) in [5.41, 5.74) is 5.96. The number of hydrogen-bond donors (Lipinski definition) is 1. The number of thiocarbonyl (C=S) groups is 1. The van der Waals surface area contributed by atoms with Crippen LogP contribution in [0.4, 0.5) is 0 Å². The maximum atomic E-state index is 12.2. The van der Waals surface area contributed by atoms with Crippen LogP contribution in [-0.2, 0) is 15.8 Å². The van der Waals surface area contributed by atoms with Gasteiger partial charge in [0.2, 0.25) is 10.0 Å². The predicted octanol–water partition coefficient (Wildman–Crippen LogP) is 1.78. The fourth-order valence-corrected chi connectivity index (χ4v) is 3.56. The third kappa shape index (κ3) is 4.20. The maximum absolute atomic E-state index is 12.2. The van der Waals surface area contributed by atoms with Gasteiger partial charge >= 0.3 is 0 Å². The lowest BCUT2D eigenvalue weighted by atomic mass is 10.2. The molecule has 7 heteroatoms. The van der Waals surface area contributed by atoms with Gasteiger partial charge in [0.15, 0.2) is 0 Å². The lowest BCUT2D eigenvalue weighted by Crippen LogP contribution is -2.38. The highest BCUT2D eigenvalue weighted by Crippen LogP contribution is 2.19. The number of rotatable bonds is 6. The fraction of sp³-hybridized carbons (Fsp3) is 0.364. The highest BCUT2D eigenvalue weighted by atomic mass is 35.5. The van der Waals surface area contributed by atoms with Gasteiger partial charge in [-0.25, -0.2) is 8.42 Å². The Morgan fingerprint density at radius 3 is 2.56 bits per heavy atom. The molecule has 0 radical (unpaired) electrons. The molecule has 100 valence electrons. The second kappa shape index (κ2) is 6.47. The van der Waals surface area contributed by atoms with Crippen LogP contribution in [0.1, 0.15) is 12.5 Å². The van der Waals surface area contributed by atoms with Crippen molar-refractivity contribution in [2.24, 2.45) is 5.73 Å². The van der Waals surface area contributed by atoms with Gasteiger partial charge in [-0.2, -0.15) is 4.31 Å². The average molecular weight is 307 g/mol. The molecule has 0 fully saturated rings. The zero-order valence-corrected chi connectivity index (χ0v) is 12.4. The average Bonchev–Trinajstić information content (AvgIpc) is 2.28. The van der Waals surface area contributed by atoms with E-state index in [2.05, 4.69) is 0 Å². The maximum Gasteiger partial charge on any atom is 0.218 e. The molecule has 0 aliphatic heterocycles. The van der Waals surface area contributed by atoms with Gasteiger partial charge in [0, 0.05) is 11.6 Å². The highest BCUT2D eigenvalue weighted by molar-refractivity contribution is 7.88. The third-order valence-electron chi connectivity index (χ3n) is 2.37. The summed E-state index contributed by atoms with van der Waals surface area (Å²) in [5.74, 6) is -0.150. The number of nitrogens with two attached hydrogens (primary N) is 1. The Bertz CT molecular complexity index is 532. The molecular weight excluding hydrogens is 292 g/mol. The molecule has 1 aromatic rings. The van der Waals surface area contributed by atoms with Crippen LogP contribution in [0.3, 0.4) is 0 Å². The van der Waals surface area contributed by atoms with Crippen molar-refractivity contribution in [3.05, 3.63) is 34.9 Å². The number of nitrogens with zero attached hydrogens (tertiary/aromatic N) is 1. The topological polar surface area (TPSA) is 63.4 Å². The number of halogens is 1. The van der Waals surface area contributed by atoms with Gasteiger partial charge in [-0.3, -0.25) is 0 Å². The summed E-state index contributed by atoms with van der Waals surface area (Å²) >= 11 is 10.7. The molecule has 0 aliphatic rings. The SMILES string of the molecule is CCN(CC(N)=S)S(=O)(=O)Cc1ccccc1Cl. The zero-order valence-electron chi connectivity index (χ0n) is 9.97. The standard InChI is InChI=1S/C11H15ClN2O2S2/c1-2-14(7-11(13)17)18(15,16)8-9-5-3-4-6-10(9)12/h3-6H,2,7-8H2,1H3,(H2,13,17). The predicted molar refractivity (Wildman–Crippen MR) is 78.1 cm³/mol. The molecule has 0 atom stereocenters. The lowest BCUT2D eigenvalue weighted by molar-refractivity contribution is 0.467. The molecule has 1 aromatic carbocycles. The number of likely N-dealkylation sites (N-methyl/N-ethyl adjacent to an activating group) is 1. The smallest absolute Gasteiger partial charge is 0.218 e. The van der Waals surface area contributed by atoms with Crippen LogP contribution >= 0.6 is 23.8 Å². The van der Waals surface area contributed by atoms with E-state index in [1.807, 2.05) is 0 Å². The molecule has 0 saturated carbocycles. The van der Waals surface area contributed by atoms with Gasteiger partial charge in [0.25, 0.3) is 0 Å². The van der Waals surface area contributed by atoms with Crippen molar-refractivity contribution in [3.63, 3.8) is 0 Å². The van der Waals surface area contributed by atoms with Crippen LogP contribution in [0.15, 0.2) is 24.3 Å². The summed E-state index contributed by atoms with van der Waals surface area (Å²) in [6, 6.07) is 6.86. The Balaban J connectivity index is 2.93. The largest absolute Gasteiger partial charge is 0.392 e. The van der Waals surface area contributed by atoms with Gasteiger partial charge in [-0.05, 0) is 11.6 Å². The Morgan fingerprint density at radius 2 is 2.06 bits per heavy atom. The normalized spacial score (nSPS) is 11.7. The molecule has 4 nitrogen and oxygen atoms in total. The summed E-state index contributed by atoms with van der Waals surface area (Å²) in [5, 5.41) is 0.437. The van der Waals surface area contributed by atoms with Gasteiger partial charge < -0.3 is 5.73 Å². The first-order valence-electron chi connectivity index (χ1n) is 5.36. The summed E-state index contributed by atoms with van der Waals surface area (Å²) in [6.45, 7) is 2.12. The van der Waals surface area contributed by atoms with E-state index in [9.17, 15) is 8.42 Å². The summed E-state index contributed by atoms with van der Waals surface area (Å²) < 4.78 is 25.6. The van der Waals surface area contributed by atoms with Gasteiger partial charge in [-0.1, -0.05) is 48.9 Å². The molecule has 0 amide bonds. The van der Waals surface area contributed by atoms with Crippen molar-refractivity contribution in [1.82, 2.24) is 4.31 Å². The summed E-state index contributed by atoms with van der Waals surface area (Å²) in [4.78, 5) is 0.152. The number of sulfonamides is 1. The minimum Gasteiger partial charge on any atom is -0.392 e. The van der Waals surface area contributed by atoms with Gasteiger partial charge in [-0.15, -0.1) is 0 Å². The van der Waals surface area contributed by atoms with Crippen LogP contribution in [-0.4, -0.2) is 30.8 Å². The zero-order chi connectivity index (χ0) is 13.8. The Hall–Kier alpha value is -0.690. The Kier molecular flexibility index (Phi) is 5.52. The monoisotopic (exact) mass is 306 g/mol. The van der Waals surface area contributed by atoms with E-state index in [1.54, 1.807) is 31.2 Å². The quantitative estimate of drug-likeness (QED) is 0.814. The van der Waals surface area contributed by atoms with E-state index >= 15 is 0 Å². The van der Waals surface area contributed by atoms with Crippen molar-refractivity contribution in [1.29, 1.82) is 0 Å². The minimum atomic E-state index is -3.46. The van der Waals surface area contributed by atoms with Gasteiger partial charge in [0.1, 0.15) is 0 Å².